The van der Waals surface area contributed by atoms with E-state index in [2.05, 4.69) is 4.18 Å². The third kappa shape index (κ3) is 8.36. The zero-order chi connectivity index (χ0) is 7.11. The number of rotatable bonds is 5. The average molecular weight is 173 g/mol. The van der Waals surface area contributed by atoms with E-state index in [-0.39, 0.29) is 0 Å². The van der Waals surface area contributed by atoms with Gasteiger partial charge in [0.25, 0.3) is 0 Å². The summed E-state index contributed by atoms with van der Waals surface area (Å²) in [6, 6.07) is 0. The Kier molecular flexibility index (Phi) is 6.74. The normalized spacial score (nSPS) is 13.6. The third-order valence-electron chi connectivity index (χ3n) is 0.712. The summed E-state index contributed by atoms with van der Waals surface area (Å²) in [6.45, 7) is 0.301. The molecule has 0 saturated carbocycles. The second-order valence-electron chi connectivity index (χ2n) is 1.44. The highest BCUT2D eigenvalue weighted by Gasteiger charge is 1.91. The Morgan fingerprint density at radius 1 is 1.56 bits per heavy atom. The van der Waals surface area contributed by atoms with Gasteiger partial charge in [0.15, 0.2) is 0 Å². The van der Waals surface area contributed by atoms with Gasteiger partial charge in [-0.1, -0.05) is 0 Å². The molecule has 0 saturated heterocycles. The van der Waals surface area contributed by atoms with Gasteiger partial charge in [-0.25, -0.2) is 0 Å². The lowest BCUT2D eigenvalue weighted by molar-refractivity contribution is 0.300. The van der Waals surface area contributed by atoms with Gasteiger partial charge < -0.3 is 0 Å². The van der Waals surface area contributed by atoms with Gasteiger partial charge >= 0.3 is 11.4 Å². The van der Waals surface area contributed by atoms with Gasteiger partial charge in [-0.2, -0.15) is 4.21 Å². The number of hydrogen-bond donors (Lipinski definition) is 1. The summed E-state index contributed by atoms with van der Waals surface area (Å²) >= 11 is 3.21. The van der Waals surface area contributed by atoms with Crippen LogP contribution < -0.4 is 0 Å². The fourth-order valence-electron chi connectivity index (χ4n) is 0.327. The molecule has 0 aromatic carbocycles. The molecule has 0 aliphatic carbocycles. The Hall–Kier alpha value is 0.360. The Morgan fingerprint density at radius 2 is 2.22 bits per heavy atom. The molecule has 56 valence electrons. The van der Waals surface area contributed by atoms with Crippen LogP contribution in [-0.4, -0.2) is 21.2 Å². The summed E-state index contributed by atoms with van der Waals surface area (Å²) in [5, 5.41) is 0. The highest BCUT2D eigenvalue weighted by molar-refractivity contribution is 7.74. The lowest BCUT2D eigenvalue weighted by Gasteiger charge is -1.94. The van der Waals surface area contributed by atoms with Crippen molar-refractivity contribution >= 4 is 23.0 Å². The van der Waals surface area contributed by atoms with Crippen molar-refractivity contribution in [2.24, 2.45) is 0 Å². The molecule has 0 bridgehead atoms. The number of halogens is 1. The van der Waals surface area contributed by atoms with E-state index in [1.807, 2.05) is 0 Å². The fraction of sp³-hybridized carbons (Fsp3) is 1.00. The Labute approximate surface area is 61.8 Å². The lowest BCUT2D eigenvalue weighted by Crippen LogP contribution is -1.97. The molecule has 1 atom stereocenters. The molecule has 0 radical (unpaired) electrons. The van der Waals surface area contributed by atoms with Crippen molar-refractivity contribution in [3.05, 3.63) is 0 Å². The van der Waals surface area contributed by atoms with Crippen LogP contribution in [0.3, 0.4) is 0 Å². The zero-order valence-corrected chi connectivity index (χ0v) is 6.45. The maximum absolute atomic E-state index is 9.82. The maximum atomic E-state index is 9.82. The van der Waals surface area contributed by atoms with Crippen molar-refractivity contribution in [3.8, 4) is 0 Å². The van der Waals surface area contributed by atoms with E-state index >= 15 is 0 Å². The summed E-state index contributed by atoms with van der Waals surface area (Å²) in [5.41, 5.74) is 0. The summed E-state index contributed by atoms with van der Waals surface area (Å²) in [5.74, 6) is 0.571. The van der Waals surface area contributed by atoms with E-state index < -0.39 is 11.4 Å². The molecule has 0 fully saturated rings. The van der Waals surface area contributed by atoms with Crippen LogP contribution in [0.5, 0.6) is 0 Å². The first kappa shape index (κ1) is 9.36. The van der Waals surface area contributed by atoms with Crippen molar-refractivity contribution in [2.45, 2.75) is 12.8 Å². The molecule has 0 rings (SSSR count). The maximum Gasteiger partial charge on any atom is 0.301 e. The van der Waals surface area contributed by atoms with Crippen molar-refractivity contribution in [2.75, 3.05) is 12.5 Å². The van der Waals surface area contributed by atoms with Crippen LogP contribution in [0.2, 0.25) is 0 Å². The zero-order valence-electron chi connectivity index (χ0n) is 4.88. The highest BCUT2D eigenvalue weighted by Crippen LogP contribution is 1.92. The molecule has 5 heteroatoms. The molecular weight excluding hydrogens is 164 g/mol. The summed E-state index contributed by atoms with van der Waals surface area (Å²) in [4.78, 5) is 0. The van der Waals surface area contributed by atoms with E-state index in [0.717, 1.165) is 12.8 Å². The van der Waals surface area contributed by atoms with Crippen LogP contribution in [-0.2, 0) is 15.5 Å². The number of alkyl halides is 1. The van der Waals surface area contributed by atoms with Crippen LogP contribution in [0.1, 0.15) is 12.8 Å². The second-order valence-corrected chi connectivity index (χ2v) is 2.48. The fourth-order valence-corrected chi connectivity index (χ4v) is 0.776. The SMILES string of the molecule is O=S(O)OCCCCCl. The van der Waals surface area contributed by atoms with E-state index in [1.54, 1.807) is 0 Å². The van der Waals surface area contributed by atoms with Crippen molar-refractivity contribution in [1.82, 2.24) is 0 Å². The third-order valence-corrected chi connectivity index (χ3v) is 1.35. The van der Waals surface area contributed by atoms with Gasteiger partial charge in [0, 0.05) is 5.88 Å². The molecule has 3 nitrogen and oxygen atoms in total. The molecule has 1 unspecified atom stereocenters. The lowest BCUT2D eigenvalue weighted by atomic mass is 10.4. The number of hydrogen-bond acceptors (Lipinski definition) is 2. The van der Waals surface area contributed by atoms with Gasteiger partial charge in [-0.15, -0.1) is 11.6 Å². The predicted octanol–water partition coefficient (Wildman–Crippen LogP) is 1.16. The smallest absolute Gasteiger partial charge is 0.284 e. The molecule has 0 aliphatic rings. The molecule has 9 heavy (non-hydrogen) atoms. The van der Waals surface area contributed by atoms with E-state index in [4.69, 9.17) is 16.2 Å². The van der Waals surface area contributed by atoms with Crippen LogP contribution >= 0.6 is 11.6 Å². The molecule has 0 amide bonds. The van der Waals surface area contributed by atoms with E-state index in [9.17, 15) is 4.21 Å². The molecule has 0 aliphatic heterocycles. The Bertz CT molecular complexity index is 87.9. The molecule has 0 aromatic heterocycles. The minimum absolute atomic E-state index is 0.301. The van der Waals surface area contributed by atoms with Gasteiger partial charge in [-0.3, -0.25) is 8.74 Å². The second kappa shape index (κ2) is 6.48. The summed E-state index contributed by atoms with van der Waals surface area (Å²) < 4.78 is 22.2. The largest absolute Gasteiger partial charge is 0.301 e. The van der Waals surface area contributed by atoms with Crippen molar-refractivity contribution < 1.29 is 12.9 Å². The molecule has 0 spiro atoms. The molecular formula is C4H9ClO3S. The first-order chi connectivity index (χ1) is 4.27. The van der Waals surface area contributed by atoms with Crippen molar-refractivity contribution in [3.63, 3.8) is 0 Å². The molecule has 0 heterocycles. The predicted molar refractivity (Wildman–Crippen MR) is 36.7 cm³/mol. The van der Waals surface area contributed by atoms with Gasteiger partial charge in [0.2, 0.25) is 0 Å². The number of unbranched alkanes of at least 4 members (excludes halogenated alkanes) is 1. The quantitative estimate of drug-likeness (QED) is 0.385. The van der Waals surface area contributed by atoms with Crippen LogP contribution in [0.4, 0.5) is 0 Å². The van der Waals surface area contributed by atoms with Crippen LogP contribution in [0, 0.1) is 0 Å². The standard InChI is InChI=1S/C4H9ClO3S/c5-3-1-2-4-8-9(6)7/h1-4H2,(H,6,7). The summed E-state index contributed by atoms with van der Waals surface area (Å²) in [6.07, 6.45) is 1.55. The first-order valence-corrected chi connectivity index (χ1v) is 4.14. The summed E-state index contributed by atoms with van der Waals surface area (Å²) in [7, 11) is 0. The average Bonchev–Trinajstić information content (AvgIpc) is 1.80. The Morgan fingerprint density at radius 3 is 2.67 bits per heavy atom. The topological polar surface area (TPSA) is 46.5 Å². The minimum Gasteiger partial charge on any atom is -0.284 e. The van der Waals surface area contributed by atoms with Gasteiger partial charge in [0.1, 0.15) is 0 Å². The molecule has 1 N–H and O–H groups in total. The monoisotopic (exact) mass is 172 g/mol. The van der Waals surface area contributed by atoms with Crippen LogP contribution in [0.15, 0.2) is 0 Å². The minimum atomic E-state index is -2.11. The first-order valence-electron chi connectivity index (χ1n) is 2.57. The van der Waals surface area contributed by atoms with Crippen LogP contribution in [0.25, 0.3) is 0 Å². The van der Waals surface area contributed by atoms with Gasteiger partial charge in [0.05, 0.1) is 6.61 Å². The Balaban J connectivity index is 2.83. The highest BCUT2D eigenvalue weighted by atomic mass is 35.5. The van der Waals surface area contributed by atoms with Crippen molar-refractivity contribution in [1.29, 1.82) is 0 Å². The molecule has 0 aromatic rings. The van der Waals surface area contributed by atoms with E-state index in [1.165, 1.54) is 0 Å². The van der Waals surface area contributed by atoms with Gasteiger partial charge in [-0.05, 0) is 12.8 Å². The van der Waals surface area contributed by atoms with E-state index in [0.29, 0.717) is 12.5 Å².